The van der Waals surface area contributed by atoms with Crippen molar-refractivity contribution < 1.29 is 19.2 Å². The zero-order valence-electron chi connectivity index (χ0n) is 12.3. The number of methoxy groups -OCH3 is 1. The Hall–Kier alpha value is -2.95. The summed E-state index contributed by atoms with van der Waals surface area (Å²) in [6.45, 7) is 1.23. The molecular formula is C17H15NO4. The van der Waals surface area contributed by atoms with Crippen LogP contribution in [0.15, 0.2) is 59.8 Å². The molecule has 0 N–H and O–H groups in total. The highest BCUT2D eigenvalue weighted by Crippen LogP contribution is 2.14. The number of ketones is 1. The molecule has 22 heavy (non-hydrogen) atoms. The molecule has 5 nitrogen and oxygen atoms in total. The van der Waals surface area contributed by atoms with Gasteiger partial charge in [0, 0.05) is 18.1 Å². The fourth-order valence-corrected chi connectivity index (χ4v) is 1.81. The van der Waals surface area contributed by atoms with Crippen LogP contribution in [0.4, 0.5) is 0 Å². The Kier molecular flexibility index (Phi) is 5.03. The van der Waals surface area contributed by atoms with Crippen LogP contribution in [0.25, 0.3) is 0 Å². The second-order valence-corrected chi connectivity index (χ2v) is 4.45. The highest BCUT2D eigenvalue weighted by Gasteiger charge is 2.17. The van der Waals surface area contributed by atoms with Crippen LogP contribution in [0, 0.1) is 0 Å². The Balaban J connectivity index is 2.37. The first-order chi connectivity index (χ1) is 10.6. The van der Waals surface area contributed by atoms with E-state index in [1.165, 1.54) is 6.92 Å². The standard InChI is InChI=1S/C17H15NO4/c1-12(19)22-18-16(13-6-4-3-5-7-13)17(20)14-8-10-15(21-2)11-9-14/h3-11H,1-2H3/b18-16+. The van der Waals surface area contributed by atoms with Crippen molar-refractivity contribution in [3.8, 4) is 5.75 Å². The third-order valence-electron chi connectivity index (χ3n) is 2.88. The van der Waals surface area contributed by atoms with Crippen molar-refractivity contribution in [3.05, 3.63) is 65.7 Å². The van der Waals surface area contributed by atoms with Gasteiger partial charge >= 0.3 is 5.97 Å². The van der Waals surface area contributed by atoms with Crippen LogP contribution >= 0.6 is 0 Å². The number of rotatable bonds is 5. The Labute approximate surface area is 128 Å². The van der Waals surface area contributed by atoms with Gasteiger partial charge in [-0.1, -0.05) is 35.5 Å². The molecule has 2 rings (SSSR count). The van der Waals surface area contributed by atoms with E-state index in [1.807, 2.05) is 6.07 Å². The third-order valence-corrected chi connectivity index (χ3v) is 2.88. The summed E-state index contributed by atoms with van der Waals surface area (Å²) in [6.07, 6.45) is 0. The van der Waals surface area contributed by atoms with Crippen LogP contribution in [0.3, 0.4) is 0 Å². The lowest BCUT2D eigenvalue weighted by Crippen LogP contribution is -2.17. The Bertz CT molecular complexity index is 690. The Morgan fingerprint density at radius 1 is 0.909 bits per heavy atom. The summed E-state index contributed by atoms with van der Waals surface area (Å²) in [7, 11) is 1.55. The number of hydrogen-bond acceptors (Lipinski definition) is 5. The fraction of sp³-hybridized carbons (Fsp3) is 0.118. The van der Waals surface area contributed by atoms with Crippen molar-refractivity contribution in [3.63, 3.8) is 0 Å². The van der Waals surface area contributed by atoms with E-state index in [-0.39, 0.29) is 11.5 Å². The van der Waals surface area contributed by atoms with Crippen molar-refractivity contribution in [2.45, 2.75) is 6.92 Å². The molecule has 0 heterocycles. The number of carbonyl (C=O) groups is 2. The molecule has 0 bridgehead atoms. The molecule has 5 heteroatoms. The summed E-state index contributed by atoms with van der Waals surface area (Å²) in [6, 6.07) is 15.5. The molecule has 0 aliphatic carbocycles. The molecule has 0 aromatic heterocycles. The maximum absolute atomic E-state index is 12.6. The molecule has 0 amide bonds. The molecule has 2 aromatic carbocycles. The first kappa shape index (κ1) is 15.4. The van der Waals surface area contributed by atoms with Gasteiger partial charge in [0.2, 0.25) is 5.78 Å². The van der Waals surface area contributed by atoms with E-state index in [4.69, 9.17) is 4.74 Å². The molecule has 0 radical (unpaired) electrons. The molecule has 0 atom stereocenters. The van der Waals surface area contributed by atoms with E-state index in [0.29, 0.717) is 16.9 Å². The maximum atomic E-state index is 12.6. The molecule has 2 aromatic rings. The van der Waals surface area contributed by atoms with Crippen LogP contribution in [0.2, 0.25) is 0 Å². The molecule has 0 fully saturated rings. The summed E-state index contributed by atoms with van der Waals surface area (Å²) in [4.78, 5) is 28.2. The van der Waals surface area contributed by atoms with Crippen LogP contribution in [-0.4, -0.2) is 24.6 Å². The van der Waals surface area contributed by atoms with Gasteiger partial charge in [0.25, 0.3) is 0 Å². The number of carbonyl (C=O) groups excluding carboxylic acids is 2. The maximum Gasteiger partial charge on any atom is 0.332 e. The van der Waals surface area contributed by atoms with E-state index in [0.717, 1.165) is 0 Å². The van der Waals surface area contributed by atoms with Crippen molar-refractivity contribution in [1.82, 2.24) is 0 Å². The van der Waals surface area contributed by atoms with Gasteiger partial charge in [-0.3, -0.25) is 4.79 Å². The fourth-order valence-electron chi connectivity index (χ4n) is 1.81. The summed E-state index contributed by atoms with van der Waals surface area (Å²) in [5.41, 5.74) is 1.07. The lowest BCUT2D eigenvalue weighted by atomic mass is 10.0. The average molecular weight is 297 g/mol. The molecule has 0 unspecified atom stereocenters. The van der Waals surface area contributed by atoms with Gasteiger partial charge in [-0.25, -0.2) is 4.79 Å². The second kappa shape index (κ2) is 7.17. The molecule has 0 aliphatic rings. The largest absolute Gasteiger partial charge is 0.497 e. The Morgan fingerprint density at radius 3 is 2.09 bits per heavy atom. The zero-order chi connectivity index (χ0) is 15.9. The second-order valence-electron chi connectivity index (χ2n) is 4.45. The quantitative estimate of drug-likeness (QED) is 0.368. The smallest absolute Gasteiger partial charge is 0.332 e. The number of nitrogens with zero attached hydrogens (tertiary/aromatic N) is 1. The molecule has 0 saturated carbocycles. The minimum Gasteiger partial charge on any atom is -0.497 e. The van der Waals surface area contributed by atoms with Gasteiger partial charge in [0.05, 0.1) is 7.11 Å². The van der Waals surface area contributed by atoms with Gasteiger partial charge in [-0.2, -0.15) is 0 Å². The number of ether oxygens (including phenoxy) is 1. The van der Waals surface area contributed by atoms with Crippen molar-refractivity contribution in [2.24, 2.45) is 5.16 Å². The minimum atomic E-state index is -0.587. The molecule has 0 spiro atoms. The molecule has 112 valence electrons. The average Bonchev–Trinajstić information content (AvgIpc) is 2.55. The van der Waals surface area contributed by atoms with E-state index in [9.17, 15) is 9.59 Å². The summed E-state index contributed by atoms with van der Waals surface area (Å²) < 4.78 is 5.06. The number of oxime groups is 1. The minimum absolute atomic E-state index is 0.0703. The lowest BCUT2D eigenvalue weighted by molar-refractivity contribution is -0.140. The monoisotopic (exact) mass is 297 g/mol. The van der Waals surface area contributed by atoms with Crippen molar-refractivity contribution in [2.75, 3.05) is 7.11 Å². The molecular weight excluding hydrogens is 282 g/mol. The van der Waals surface area contributed by atoms with E-state index >= 15 is 0 Å². The van der Waals surface area contributed by atoms with Gasteiger partial charge in [0.1, 0.15) is 5.75 Å². The summed E-state index contributed by atoms with van der Waals surface area (Å²) >= 11 is 0. The third kappa shape index (κ3) is 3.79. The van der Waals surface area contributed by atoms with Gasteiger partial charge in [-0.15, -0.1) is 0 Å². The van der Waals surface area contributed by atoms with Crippen LogP contribution in [0.1, 0.15) is 22.8 Å². The van der Waals surface area contributed by atoms with E-state index in [1.54, 1.807) is 55.6 Å². The topological polar surface area (TPSA) is 65.0 Å². The zero-order valence-corrected chi connectivity index (χ0v) is 12.3. The van der Waals surface area contributed by atoms with Crippen LogP contribution in [0.5, 0.6) is 5.75 Å². The molecule has 0 aliphatic heterocycles. The summed E-state index contributed by atoms with van der Waals surface area (Å²) in [5.74, 6) is -0.277. The predicted molar refractivity (Wildman–Crippen MR) is 82.1 cm³/mol. The lowest BCUT2D eigenvalue weighted by Gasteiger charge is -2.06. The number of Topliss-reactive ketones (excluding diaryl/α,β-unsaturated/α-hetero) is 1. The first-order valence-corrected chi connectivity index (χ1v) is 6.61. The van der Waals surface area contributed by atoms with E-state index < -0.39 is 5.97 Å². The summed E-state index contributed by atoms with van der Waals surface area (Å²) in [5, 5.41) is 3.70. The normalized spacial score (nSPS) is 10.9. The van der Waals surface area contributed by atoms with Crippen molar-refractivity contribution in [1.29, 1.82) is 0 Å². The van der Waals surface area contributed by atoms with Crippen LogP contribution < -0.4 is 4.74 Å². The van der Waals surface area contributed by atoms with Crippen LogP contribution in [-0.2, 0) is 9.63 Å². The van der Waals surface area contributed by atoms with Crippen molar-refractivity contribution >= 4 is 17.5 Å². The van der Waals surface area contributed by atoms with Gasteiger partial charge in [0.15, 0.2) is 5.71 Å². The highest BCUT2D eigenvalue weighted by molar-refractivity contribution is 6.51. The number of hydrogen-bond donors (Lipinski definition) is 0. The SMILES string of the molecule is COc1ccc(C(=O)/C(=N/OC(C)=O)c2ccccc2)cc1. The van der Waals surface area contributed by atoms with Gasteiger partial charge in [-0.05, 0) is 24.3 Å². The van der Waals surface area contributed by atoms with Gasteiger partial charge < -0.3 is 9.57 Å². The first-order valence-electron chi connectivity index (χ1n) is 6.61. The predicted octanol–water partition coefficient (Wildman–Crippen LogP) is 2.85. The molecule has 0 saturated heterocycles. The van der Waals surface area contributed by atoms with E-state index in [2.05, 4.69) is 9.99 Å². The highest BCUT2D eigenvalue weighted by atomic mass is 16.7. The number of benzene rings is 2. The Morgan fingerprint density at radius 2 is 1.55 bits per heavy atom.